The van der Waals surface area contributed by atoms with Crippen LogP contribution in [0, 0.1) is 0 Å². The van der Waals surface area contributed by atoms with E-state index in [0.717, 1.165) is 19.6 Å². The maximum absolute atomic E-state index is 3.81. The van der Waals surface area contributed by atoms with E-state index in [4.69, 9.17) is 0 Å². The highest BCUT2D eigenvalue weighted by molar-refractivity contribution is 5.22. The van der Waals surface area contributed by atoms with E-state index in [1.165, 1.54) is 18.5 Å². The summed E-state index contributed by atoms with van der Waals surface area (Å²) in [6.45, 7) is 5.65. The van der Waals surface area contributed by atoms with Gasteiger partial charge >= 0.3 is 0 Å². The molecule has 15 heavy (non-hydrogen) atoms. The van der Waals surface area contributed by atoms with E-state index < -0.39 is 0 Å². The Morgan fingerprint density at radius 2 is 2.20 bits per heavy atom. The largest absolute Gasteiger partial charge is 0.348 e. The van der Waals surface area contributed by atoms with Crippen molar-refractivity contribution in [3.05, 3.63) is 24.0 Å². The van der Waals surface area contributed by atoms with Crippen LogP contribution in [0.2, 0.25) is 0 Å². The summed E-state index contributed by atoms with van der Waals surface area (Å²) in [5, 5.41) is 7.26. The number of rotatable bonds is 0. The van der Waals surface area contributed by atoms with Crippen molar-refractivity contribution in [2.24, 2.45) is 0 Å². The van der Waals surface area contributed by atoms with Gasteiger partial charge in [0.2, 0.25) is 0 Å². The molecule has 0 radical (unpaired) electrons. The highest BCUT2D eigenvalue weighted by Crippen LogP contribution is 2.34. The van der Waals surface area contributed by atoms with Gasteiger partial charge in [0.1, 0.15) is 0 Å². The molecule has 3 rings (SSSR count). The molecule has 1 unspecified atom stereocenters. The van der Waals surface area contributed by atoms with Crippen molar-refractivity contribution < 1.29 is 0 Å². The van der Waals surface area contributed by atoms with Gasteiger partial charge in [0.15, 0.2) is 0 Å². The summed E-state index contributed by atoms with van der Waals surface area (Å²) in [6.07, 6.45) is 4.64. The number of hydrogen-bond donors (Lipinski definition) is 2. The molecule has 0 amide bonds. The Morgan fingerprint density at radius 1 is 1.40 bits per heavy atom. The third kappa shape index (κ3) is 1.42. The van der Waals surface area contributed by atoms with Gasteiger partial charge in [-0.15, -0.1) is 0 Å². The molecule has 3 heteroatoms. The Hall–Kier alpha value is -0.800. The van der Waals surface area contributed by atoms with E-state index in [1.807, 2.05) is 0 Å². The standard InChI is InChI=1S/C12H19N3/c1-10-9-15-8-2-3-11(15)12(14-10)4-6-13-7-5-12/h2-3,8,10,13-14H,4-7,9H2,1H3. The van der Waals surface area contributed by atoms with Crippen LogP contribution < -0.4 is 10.6 Å². The summed E-state index contributed by atoms with van der Waals surface area (Å²) in [5.41, 5.74) is 1.73. The van der Waals surface area contributed by atoms with Crippen LogP contribution >= 0.6 is 0 Å². The van der Waals surface area contributed by atoms with E-state index in [1.54, 1.807) is 0 Å². The Labute approximate surface area is 90.9 Å². The lowest BCUT2D eigenvalue weighted by Crippen LogP contribution is -2.57. The molecule has 2 aliphatic heterocycles. The number of fused-ring (bicyclic) bond motifs is 2. The van der Waals surface area contributed by atoms with Gasteiger partial charge in [-0.3, -0.25) is 0 Å². The van der Waals surface area contributed by atoms with Crippen molar-refractivity contribution in [2.75, 3.05) is 13.1 Å². The van der Waals surface area contributed by atoms with Gasteiger partial charge < -0.3 is 15.2 Å². The summed E-state index contributed by atoms with van der Waals surface area (Å²) in [5.74, 6) is 0. The smallest absolute Gasteiger partial charge is 0.0615 e. The summed E-state index contributed by atoms with van der Waals surface area (Å²) in [4.78, 5) is 0. The maximum atomic E-state index is 3.81. The molecule has 0 aliphatic carbocycles. The zero-order chi connectivity index (χ0) is 10.3. The molecule has 2 N–H and O–H groups in total. The lowest BCUT2D eigenvalue weighted by atomic mass is 9.83. The number of nitrogens with one attached hydrogen (secondary N) is 2. The number of aromatic nitrogens is 1. The first-order valence-electron chi connectivity index (χ1n) is 5.94. The fourth-order valence-electron chi connectivity index (χ4n) is 3.15. The molecule has 82 valence electrons. The maximum Gasteiger partial charge on any atom is 0.0615 e. The third-order valence-electron chi connectivity index (χ3n) is 3.77. The van der Waals surface area contributed by atoms with Crippen LogP contribution in [0.3, 0.4) is 0 Å². The number of piperidine rings is 1. The van der Waals surface area contributed by atoms with E-state index in [2.05, 4.69) is 40.5 Å². The first-order chi connectivity index (χ1) is 7.30. The molecule has 3 heterocycles. The van der Waals surface area contributed by atoms with Crippen LogP contribution in [-0.2, 0) is 12.1 Å². The summed E-state index contributed by atoms with van der Waals surface area (Å²) in [7, 11) is 0. The SMILES string of the molecule is CC1Cn2cccc2C2(CCNCC2)N1. The average molecular weight is 205 g/mol. The second-order valence-corrected chi connectivity index (χ2v) is 4.92. The van der Waals surface area contributed by atoms with Crippen molar-refractivity contribution >= 4 is 0 Å². The van der Waals surface area contributed by atoms with Crippen molar-refractivity contribution in [1.29, 1.82) is 0 Å². The van der Waals surface area contributed by atoms with E-state index in [9.17, 15) is 0 Å². The normalized spacial score (nSPS) is 29.0. The lowest BCUT2D eigenvalue weighted by Gasteiger charge is -2.45. The van der Waals surface area contributed by atoms with Crippen LogP contribution in [0.4, 0.5) is 0 Å². The van der Waals surface area contributed by atoms with Crippen LogP contribution in [0.5, 0.6) is 0 Å². The Morgan fingerprint density at radius 3 is 3.00 bits per heavy atom. The summed E-state index contributed by atoms with van der Waals surface area (Å²) < 4.78 is 2.42. The van der Waals surface area contributed by atoms with Gasteiger partial charge in [-0.05, 0) is 45.0 Å². The molecule has 1 saturated heterocycles. The predicted octanol–water partition coefficient (Wildman–Crippen LogP) is 1.06. The Bertz CT molecular complexity index is 350. The predicted molar refractivity (Wildman–Crippen MR) is 60.8 cm³/mol. The van der Waals surface area contributed by atoms with Crippen molar-refractivity contribution in [3.8, 4) is 0 Å². The number of nitrogens with zero attached hydrogens (tertiary/aromatic N) is 1. The Balaban J connectivity index is 2.02. The third-order valence-corrected chi connectivity index (χ3v) is 3.77. The van der Waals surface area contributed by atoms with Gasteiger partial charge in [-0.2, -0.15) is 0 Å². The molecular formula is C12H19N3. The van der Waals surface area contributed by atoms with Crippen molar-refractivity contribution in [1.82, 2.24) is 15.2 Å². The monoisotopic (exact) mass is 205 g/mol. The second kappa shape index (κ2) is 3.35. The van der Waals surface area contributed by atoms with Crippen LogP contribution in [-0.4, -0.2) is 23.7 Å². The van der Waals surface area contributed by atoms with Crippen LogP contribution in [0.1, 0.15) is 25.5 Å². The average Bonchev–Trinajstić information content (AvgIpc) is 2.67. The molecule has 1 aromatic rings. The van der Waals surface area contributed by atoms with Crippen molar-refractivity contribution in [2.45, 2.75) is 37.9 Å². The zero-order valence-electron chi connectivity index (χ0n) is 9.29. The summed E-state index contributed by atoms with van der Waals surface area (Å²) in [6, 6.07) is 5.05. The quantitative estimate of drug-likeness (QED) is 0.663. The van der Waals surface area contributed by atoms with Crippen LogP contribution in [0.15, 0.2) is 18.3 Å². The molecule has 2 aliphatic rings. The highest BCUT2D eigenvalue weighted by atomic mass is 15.2. The fourth-order valence-corrected chi connectivity index (χ4v) is 3.15. The van der Waals surface area contributed by atoms with Gasteiger partial charge in [-0.1, -0.05) is 0 Å². The van der Waals surface area contributed by atoms with Gasteiger partial charge in [-0.25, -0.2) is 0 Å². The van der Waals surface area contributed by atoms with E-state index in [-0.39, 0.29) is 5.54 Å². The first kappa shape index (κ1) is 9.43. The minimum absolute atomic E-state index is 0.242. The van der Waals surface area contributed by atoms with Crippen molar-refractivity contribution in [3.63, 3.8) is 0 Å². The van der Waals surface area contributed by atoms with Gasteiger partial charge in [0, 0.05) is 24.5 Å². The molecule has 1 atom stereocenters. The molecule has 1 spiro atoms. The molecule has 3 nitrogen and oxygen atoms in total. The fraction of sp³-hybridized carbons (Fsp3) is 0.667. The molecular weight excluding hydrogens is 186 g/mol. The molecule has 0 saturated carbocycles. The zero-order valence-corrected chi connectivity index (χ0v) is 9.29. The highest BCUT2D eigenvalue weighted by Gasteiger charge is 2.39. The first-order valence-corrected chi connectivity index (χ1v) is 5.94. The van der Waals surface area contributed by atoms with E-state index >= 15 is 0 Å². The van der Waals surface area contributed by atoms with Gasteiger partial charge in [0.05, 0.1) is 5.54 Å². The van der Waals surface area contributed by atoms with E-state index in [0.29, 0.717) is 6.04 Å². The molecule has 0 aromatic carbocycles. The second-order valence-electron chi connectivity index (χ2n) is 4.92. The topological polar surface area (TPSA) is 29.0 Å². The number of hydrogen-bond acceptors (Lipinski definition) is 2. The van der Waals surface area contributed by atoms with Gasteiger partial charge in [0.25, 0.3) is 0 Å². The molecule has 1 aromatic heterocycles. The summed E-state index contributed by atoms with van der Waals surface area (Å²) >= 11 is 0. The minimum atomic E-state index is 0.242. The minimum Gasteiger partial charge on any atom is -0.348 e. The lowest BCUT2D eigenvalue weighted by molar-refractivity contribution is 0.176. The molecule has 1 fully saturated rings. The van der Waals surface area contributed by atoms with Crippen LogP contribution in [0.25, 0.3) is 0 Å². The molecule has 0 bridgehead atoms. The Kier molecular flexibility index (Phi) is 2.11.